The Labute approximate surface area is 169 Å². The molecule has 0 aliphatic carbocycles. The number of hydrogen-bond donors (Lipinski definition) is 2. The molecule has 3 rings (SSSR count). The van der Waals surface area contributed by atoms with Crippen LogP contribution in [0.15, 0.2) is 29.2 Å². The molecule has 3 N–H and O–H groups in total. The minimum absolute atomic E-state index is 0.0168. The molecule has 1 aromatic heterocycles. The highest BCUT2D eigenvalue weighted by atomic mass is 35.5. The normalized spacial score (nSPS) is 16.3. The molecule has 0 saturated carbocycles. The standard InChI is InChI=1S/C18H24ClN5O3S/c1-12-16(17(19)23(2)22-12)11-24-9-7-13(8-10-24)18(25)21-14-3-5-15(6-4-14)28(20,26)27/h3-6,13H,7-11H2,1-2H3,(H,21,25)(H2,20,26,27). The molecule has 2 heterocycles. The molecule has 0 radical (unpaired) electrons. The number of carbonyl (C=O) groups is 1. The second-order valence-corrected chi connectivity index (χ2v) is 9.01. The summed E-state index contributed by atoms with van der Waals surface area (Å²) in [4.78, 5) is 14.8. The van der Waals surface area contributed by atoms with Gasteiger partial charge in [0.25, 0.3) is 0 Å². The highest BCUT2D eigenvalue weighted by Gasteiger charge is 2.26. The van der Waals surface area contributed by atoms with Crippen LogP contribution in [0.3, 0.4) is 0 Å². The number of nitrogens with one attached hydrogen (secondary N) is 1. The number of nitrogens with zero attached hydrogens (tertiary/aromatic N) is 3. The predicted molar refractivity (Wildman–Crippen MR) is 107 cm³/mol. The van der Waals surface area contributed by atoms with E-state index in [1.165, 1.54) is 12.1 Å². The van der Waals surface area contributed by atoms with Crippen LogP contribution in [0.2, 0.25) is 5.15 Å². The first-order valence-electron chi connectivity index (χ1n) is 8.99. The molecule has 0 bridgehead atoms. The zero-order chi connectivity index (χ0) is 20.5. The molecule has 1 aromatic carbocycles. The van der Waals surface area contributed by atoms with Gasteiger partial charge in [0.1, 0.15) is 5.15 Å². The molecular weight excluding hydrogens is 402 g/mol. The Kier molecular flexibility index (Phi) is 6.09. The SMILES string of the molecule is Cc1nn(C)c(Cl)c1CN1CCC(C(=O)Nc2ccc(S(N)(=O)=O)cc2)CC1. The highest BCUT2D eigenvalue weighted by molar-refractivity contribution is 7.89. The van der Waals surface area contributed by atoms with E-state index in [2.05, 4.69) is 15.3 Å². The maximum Gasteiger partial charge on any atom is 0.238 e. The zero-order valence-electron chi connectivity index (χ0n) is 15.9. The molecule has 1 aliphatic rings. The Hall–Kier alpha value is -1.94. The molecule has 8 nitrogen and oxygen atoms in total. The number of benzene rings is 1. The van der Waals surface area contributed by atoms with Gasteiger partial charge in [-0.05, 0) is 57.1 Å². The summed E-state index contributed by atoms with van der Waals surface area (Å²) in [6.45, 7) is 4.27. The van der Waals surface area contributed by atoms with E-state index in [9.17, 15) is 13.2 Å². The number of piperidine rings is 1. The van der Waals surface area contributed by atoms with Crippen molar-refractivity contribution in [1.29, 1.82) is 0 Å². The lowest BCUT2D eigenvalue weighted by atomic mass is 9.95. The van der Waals surface area contributed by atoms with Crippen LogP contribution < -0.4 is 10.5 Å². The van der Waals surface area contributed by atoms with E-state index in [0.717, 1.165) is 43.7 Å². The van der Waals surface area contributed by atoms with E-state index in [1.54, 1.807) is 16.8 Å². The van der Waals surface area contributed by atoms with Gasteiger partial charge in [-0.3, -0.25) is 14.4 Å². The number of hydrogen-bond acceptors (Lipinski definition) is 5. The minimum atomic E-state index is -3.74. The Morgan fingerprint density at radius 3 is 2.39 bits per heavy atom. The molecule has 2 aromatic rings. The number of nitrogens with two attached hydrogens (primary N) is 1. The summed E-state index contributed by atoms with van der Waals surface area (Å²) in [5, 5.41) is 12.9. The molecule has 152 valence electrons. The summed E-state index contributed by atoms with van der Waals surface area (Å²) in [5.41, 5.74) is 2.51. The van der Waals surface area contributed by atoms with Gasteiger partial charge in [0.2, 0.25) is 15.9 Å². The van der Waals surface area contributed by atoms with E-state index >= 15 is 0 Å². The highest BCUT2D eigenvalue weighted by Crippen LogP contribution is 2.25. The van der Waals surface area contributed by atoms with Crippen LogP contribution in [-0.2, 0) is 28.4 Å². The average molecular weight is 426 g/mol. The van der Waals surface area contributed by atoms with Crippen molar-refractivity contribution in [2.75, 3.05) is 18.4 Å². The topological polar surface area (TPSA) is 110 Å². The zero-order valence-corrected chi connectivity index (χ0v) is 17.4. The van der Waals surface area contributed by atoms with Crippen LogP contribution in [0.25, 0.3) is 0 Å². The number of amides is 1. The fourth-order valence-corrected chi connectivity index (χ4v) is 4.15. The van der Waals surface area contributed by atoms with Crippen molar-refractivity contribution >= 4 is 33.2 Å². The largest absolute Gasteiger partial charge is 0.326 e. The summed E-state index contributed by atoms with van der Waals surface area (Å²) in [7, 11) is -1.91. The molecule has 0 spiro atoms. The van der Waals surface area contributed by atoms with Crippen molar-refractivity contribution in [2.45, 2.75) is 31.2 Å². The minimum Gasteiger partial charge on any atom is -0.326 e. The fraction of sp³-hybridized carbons (Fsp3) is 0.444. The summed E-state index contributed by atoms with van der Waals surface area (Å²) < 4.78 is 24.3. The average Bonchev–Trinajstić information content (AvgIpc) is 2.88. The second-order valence-electron chi connectivity index (χ2n) is 7.09. The number of sulfonamides is 1. The first kappa shape index (κ1) is 20.8. The quantitative estimate of drug-likeness (QED) is 0.759. The van der Waals surface area contributed by atoms with Crippen LogP contribution in [0.5, 0.6) is 0 Å². The molecular formula is C18H24ClN5O3S. The Morgan fingerprint density at radius 2 is 1.89 bits per heavy atom. The number of carbonyl (C=O) groups excluding carboxylic acids is 1. The number of aromatic nitrogens is 2. The second kappa shape index (κ2) is 8.20. The van der Waals surface area contributed by atoms with Crippen molar-refractivity contribution in [2.24, 2.45) is 18.1 Å². The molecule has 10 heteroatoms. The monoisotopic (exact) mass is 425 g/mol. The maximum absolute atomic E-state index is 12.5. The number of likely N-dealkylation sites (tertiary alicyclic amines) is 1. The van der Waals surface area contributed by atoms with Crippen molar-refractivity contribution in [3.05, 3.63) is 40.7 Å². The van der Waals surface area contributed by atoms with Gasteiger partial charge in [-0.15, -0.1) is 0 Å². The number of rotatable bonds is 5. The van der Waals surface area contributed by atoms with Crippen LogP contribution in [-0.4, -0.2) is 42.1 Å². The smallest absolute Gasteiger partial charge is 0.238 e. The van der Waals surface area contributed by atoms with Gasteiger partial charge < -0.3 is 5.32 Å². The summed E-state index contributed by atoms with van der Waals surface area (Å²) in [6.07, 6.45) is 1.50. The van der Waals surface area contributed by atoms with E-state index in [0.29, 0.717) is 10.8 Å². The Bertz CT molecular complexity index is 964. The van der Waals surface area contributed by atoms with E-state index < -0.39 is 10.0 Å². The number of anilines is 1. The van der Waals surface area contributed by atoms with Crippen LogP contribution in [0.1, 0.15) is 24.1 Å². The van der Waals surface area contributed by atoms with E-state index in [-0.39, 0.29) is 16.7 Å². The predicted octanol–water partition coefficient (Wildman–Crippen LogP) is 1.88. The van der Waals surface area contributed by atoms with E-state index in [1.807, 2.05) is 14.0 Å². The van der Waals surface area contributed by atoms with Gasteiger partial charge in [0.05, 0.1) is 10.6 Å². The van der Waals surface area contributed by atoms with Crippen LogP contribution >= 0.6 is 11.6 Å². The van der Waals surface area contributed by atoms with Gasteiger partial charge in [-0.2, -0.15) is 5.10 Å². The van der Waals surface area contributed by atoms with Crippen molar-refractivity contribution in [1.82, 2.24) is 14.7 Å². The third kappa shape index (κ3) is 4.72. The van der Waals surface area contributed by atoms with Gasteiger partial charge in [0.15, 0.2) is 0 Å². The van der Waals surface area contributed by atoms with Crippen molar-refractivity contribution in [3.8, 4) is 0 Å². The lowest BCUT2D eigenvalue weighted by Gasteiger charge is -2.31. The van der Waals surface area contributed by atoms with Crippen LogP contribution in [0, 0.1) is 12.8 Å². The first-order valence-corrected chi connectivity index (χ1v) is 10.9. The third-order valence-electron chi connectivity index (χ3n) is 5.06. The Balaban J connectivity index is 1.54. The molecule has 1 saturated heterocycles. The van der Waals surface area contributed by atoms with Gasteiger partial charge in [-0.1, -0.05) is 11.6 Å². The summed E-state index contributed by atoms with van der Waals surface area (Å²) >= 11 is 6.31. The van der Waals surface area contributed by atoms with Gasteiger partial charge in [-0.25, -0.2) is 13.6 Å². The van der Waals surface area contributed by atoms with Crippen LogP contribution in [0.4, 0.5) is 5.69 Å². The fourth-order valence-electron chi connectivity index (χ4n) is 3.40. The maximum atomic E-state index is 12.5. The van der Waals surface area contributed by atoms with Gasteiger partial charge in [0, 0.05) is 30.8 Å². The van der Waals surface area contributed by atoms with E-state index in [4.69, 9.17) is 16.7 Å². The Morgan fingerprint density at radius 1 is 1.29 bits per heavy atom. The van der Waals surface area contributed by atoms with Gasteiger partial charge >= 0.3 is 0 Å². The molecule has 1 fully saturated rings. The molecule has 0 unspecified atom stereocenters. The van der Waals surface area contributed by atoms with Crippen molar-refractivity contribution < 1.29 is 13.2 Å². The number of aryl methyl sites for hydroxylation is 2. The lowest BCUT2D eigenvalue weighted by Crippen LogP contribution is -2.37. The molecule has 0 atom stereocenters. The summed E-state index contributed by atoms with van der Waals surface area (Å²) in [6, 6.07) is 5.85. The van der Waals surface area contributed by atoms with Crippen molar-refractivity contribution in [3.63, 3.8) is 0 Å². The molecule has 1 amide bonds. The molecule has 1 aliphatic heterocycles. The lowest BCUT2D eigenvalue weighted by molar-refractivity contribution is -0.121. The summed E-state index contributed by atoms with van der Waals surface area (Å²) in [5.74, 6) is -0.141. The third-order valence-corrected chi connectivity index (χ3v) is 6.46. The molecule has 28 heavy (non-hydrogen) atoms. The number of primary sulfonamides is 1. The number of halogens is 1. The first-order chi connectivity index (χ1) is 13.1.